The quantitative estimate of drug-likeness (QED) is 0.404. The van der Waals surface area contributed by atoms with Gasteiger partial charge >= 0.3 is 0 Å². The molecule has 1 aliphatic rings. The summed E-state index contributed by atoms with van der Waals surface area (Å²) in [6.07, 6.45) is 1.65. The van der Waals surface area contributed by atoms with Crippen molar-refractivity contribution in [3.63, 3.8) is 0 Å². The lowest BCUT2D eigenvalue weighted by atomic mass is 9.91. The number of halogens is 2. The van der Waals surface area contributed by atoms with Gasteiger partial charge in [-0.3, -0.25) is 9.59 Å². The third-order valence-corrected chi connectivity index (χ3v) is 6.38. The van der Waals surface area contributed by atoms with Gasteiger partial charge < -0.3 is 10.3 Å². The highest BCUT2D eigenvalue weighted by Crippen LogP contribution is 2.36. The first-order valence-electron chi connectivity index (χ1n) is 11.3. The van der Waals surface area contributed by atoms with Crippen molar-refractivity contribution >= 4 is 11.7 Å². The molecule has 176 valence electrons. The summed E-state index contributed by atoms with van der Waals surface area (Å²) in [4.78, 5) is 32.6. The summed E-state index contributed by atoms with van der Waals surface area (Å²) < 4.78 is 29.3. The Kier molecular flexibility index (Phi) is 5.76. The molecule has 7 heteroatoms. The molecule has 2 heterocycles. The van der Waals surface area contributed by atoms with Crippen molar-refractivity contribution in [1.29, 1.82) is 0 Å². The predicted molar refractivity (Wildman–Crippen MR) is 129 cm³/mol. The Labute approximate surface area is 201 Å². The van der Waals surface area contributed by atoms with Crippen molar-refractivity contribution in [2.45, 2.75) is 33.2 Å². The maximum absolute atomic E-state index is 15.2. The van der Waals surface area contributed by atoms with Crippen LogP contribution in [-0.2, 0) is 24.2 Å². The number of fused-ring (bicyclic) bond motifs is 1. The number of ketones is 1. The van der Waals surface area contributed by atoms with E-state index in [1.54, 1.807) is 49.5 Å². The Morgan fingerprint density at radius 2 is 1.74 bits per heavy atom. The Morgan fingerprint density at radius 1 is 0.971 bits per heavy atom. The molecular formula is C28H23F2N3O2. The lowest BCUT2D eigenvalue weighted by Gasteiger charge is -2.12. The first-order valence-corrected chi connectivity index (χ1v) is 11.3. The van der Waals surface area contributed by atoms with E-state index in [0.717, 1.165) is 5.69 Å². The molecule has 5 rings (SSSR count). The van der Waals surface area contributed by atoms with Crippen LogP contribution in [0.1, 0.15) is 38.3 Å². The normalized spacial score (nSPS) is 12.5. The minimum atomic E-state index is -0.486. The van der Waals surface area contributed by atoms with Gasteiger partial charge in [-0.1, -0.05) is 30.3 Å². The van der Waals surface area contributed by atoms with Gasteiger partial charge in [-0.05, 0) is 59.9 Å². The van der Waals surface area contributed by atoms with Gasteiger partial charge in [-0.2, -0.15) is 0 Å². The first-order chi connectivity index (χ1) is 16.8. The molecule has 0 radical (unpaired) electrons. The van der Waals surface area contributed by atoms with Crippen LogP contribution in [-0.4, -0.2) is 21.7 Å². The smallest absolute Gasteiger partial charge is 0.252 e. The average molecular weight is 472 g/mol. The molecule has 5 nitrogen and oxygen atoms in total. The maximum Gasteiger partial charge on any atom is 0.252 e. The van der Waals surface area contributed by atoms with E-state index < -0.39 is 11.6 Å². The molecular weight excluding hydrogens is 448 g/mol. The highest BCUT2D eigenvalue weighted by Gasteiger charge is 2.28. The molecule has 4 aromatic rings. The fraction of sp³-hybridized carbons (Fsp3) is 0.179. The SMILES string of the molecule is Cc1cnc(-c2ccc(-c3ccc(CC(=O)Cc4c(C)cccc4F)cc3F)c3c2C(=O)NC3)[nH]1. The number of carbonyl (C=O) groups is 2. The van der Waals surface area contributed by atoms with E-state index in [0.29, 0.717) is 56.9 Å². The highest BCUT2D eigenvalue weighted by molar-refractivity contribution is 6.06. The number of amides is 1. The van der Waals surface area contributed by atoms with Crippen LogP contribution in [0.4, 0.5) is 8.78 Å². The summed E-state index contributed by atoms with van der Waals surface area (Å²) in [5, 5.41) is 2.82. The predicted octanol–water partition coefficient (Wildman–Crippen LogP) is 5.24. The average Bonchev–Trinajstić information content (AvgIpc) is 3.42. The summed E-state index contributed by atoms with van der Waals surface area (Å²) in [7, 11) is 0. The van der Waals surface area contributed by atoms with E-state index >= 15 is 4.39 Å². The molecule has 3 aromatic carbocycles. The lowest BCUT2D eigenvalue weighted by molar-refractivity contribution is -0.117. The number of H-pyrrole nitrogens is 1. The van der Waals surface area contributed by atoms with Crippen LogP contribution in [0.2, 0.25) is 0 Å². The zero-order valence-corrected chi connectivity index (χ0v) is 19.3. The van der Waals surface area contributed by atoms with Gasteiger partial charge in [-0.25, -0.2) is 13.8 Å². The first kappa shape index (κ1) is 22.7. The number of imidazole rings is 1. The second-order valence-electron chi connectivity index (χ2n) is 8.85. The van der Waals surface area contributed by atoms with Crippen LogP contribution in [0.15, 0.2) is 54.7 Å². The Hall–Kier alpha value is -4.13. The van der Waals surface area contributed by atoms with E-state index in [1.165, 1.54) is 12.1 Å². The van der Waals surface area contributed by atoms with Crippen molar-refractivity contribution in [3.05, 3.63) is 99.9 Å². The molecule has 0 atom stereocenters. The van der Waals surface area contributed by atoms with Crippen molar-refractivity contribution in [2.75, 3.05) is 0 Å². The largest absolute Gasteiger partial charge is 0.348 e. The second kappa shape index (κ2) is 8.91. The molecule has 0 spiro atoms. The fourth-order valence-corrected chi connectivity index (χ4v) is 4.61. The Balaban J connectivity index is 1.43. The van der Waals surface area contributed by atoms with Crippen molar-refractivity contribution in [2.24, 2.45) is 0 Å². The number of benzene rings is 3. The monoisotopic (exact) mass is 471 g/mol. The summed E-state index contributed by atoms with van der Waals surface area (Å²) in [5.74, 6) is -0.733. The van der Waals surface area contributed by atoms with Crippen LogP contribution in [0.25, 0.3) is 22.5 Å². The van der Waals surface area contributed by atoms with E-state index in [-0.39, 0.29) is 24.5 Å². The summed E-state index contributed by atoms with van der Waals surface area (Å²) >= 11 is 0. The molecule has 0 saturated heterocycles. The van der Waals surface area contributed by atoms with E-state index in [9.17, 15) is 14.0 Å². The Morgan fingerprint density at radius 3 is 2.46 bits per heavy atom. The van der Waals surface area contributed by atoms with Gasteiger partial charge in [-0.15, -0.1) is 0 Å². The summed E-state index contributed by atoms with van der Waals surface area (Å²) in [5.41, 5.74) is 5.28. The van der Waals surface area contributed by atoms with Gasteiger partial charge in [0.25, 0.3) is 5.91 Å². The van der Waals surface area contributed by atoms with Crippen molar-refractivity contribution < 1.29 is 18.4 Å². The number of rotatable bonds is 6. The number of hydrogen-bond acceptors (Lipinski definition) is 3. The van der Waals surface area contributed by atoms with Gasteiger partial charge in [0, 0.05) is 42.4 Å². The van der Waals surface area contributed by atoms with E-state index in [4.69, 9.17) is 0 Å². The minimum Gasteiger partial charge on any atom is -0.348 e. The number of nitrogens with one attached hydrogen (secondary N) is 2. The number of aromatic amines is 1. The maximum atomic E-state index is 15.2. The molecule has 2 N–H and O–H groups in total. The molecule has 35 heavy (non-hydrogen) atoms. The Bertz CT molecular complexity index is 1470. The minimum absolute atomic E-state index is 0.0000939. The molecule has 0 saturated carbocycles. The van der Waals surface area contributed by atoms with Gasteiger partial charge in [0.05, 0.1) is 5.56 Å². The van der Waals surface area contributed by atoms with Gasteiger partial charge in [0.2, 0.25) is 0 Å². The zero-order valence-electron chi connectivity index (χ0n) is 19.3. The van der Waals surface area contributed by atoms with Crippen LogP contribution >= 0.6 is 0 Å². The lowest BCUT2D eigenvalue weighted by Crippen LogP contribution is -2.13. The molecule has 0 bridgehead atoms. The molecule has 0 aliphatic carbocycles. The van der Waals surface area contributed by atoms with Crippen LogP contribution in [0, 0.1) is 25.5 Å². The third-order valence-electron chi connectivity index (χ3n) is 6.38. The van der Waals surface area contributed by atoms with E-state index in [1.807, 2.05) is 6.92 Å². The number of aromatic nitrogens is 2. The molecule has 1 aromatic heterocycles. The second-order valence-corrected chi connectivity index (χ2v) is 8.85. The van der Waals surface area contributed by atoms with E-state index in [2.05, 4.69) is 15.3 Å². The van der Waals surface area contributed by atoms with Crippen LogP contribution in [0.3, 0.4) is 0 Å². The standard InChI is InChI=1S/C28H23F2N3O2/c1-15-4-3-5-24(29)22(15)12-18(34)10-17-6-7-20(25(30)11-17)19-8-9-21(27-31-13-16(2)33-27)26-23(19)14-32-28(26)35/h3-9,11,13H,10,12,14H2,1-2H3,(H,31,33)(H,32,35). The molecule has 1 aliphatic heterocycles. The zero-order chi connectivity index (χ0) is 24.7. The van der Waals surface area contributed by atoms with Gasteiger partial charge in [0.1, 0.15) is 23.2 Å². The summed E-state index contributed by atoms with van der Waals surface area (Å²) in [6, 6.07) is 12.9. The number of hydrogen-bond donors (Lipinski definition) is 2. The number of nitrogens with zero attached hydrogens (tertiary/aromatic N) is 1. The topological polar surface area (TPSA) is 74.8 Å². The van der Waals surface area contributed by atoms with Crippen molar-refractivity contribution in [3.8, 4) is 22.5 Å². The summed E-state index contributed by atoms with van der Waals surface area (Å²) in [6.45, 7) is 3.93. The third kappa shape index (κ3) is 4.25. The number of aryl methyl sites for hydroxylation is 2. The highest BCUT2D eigenvalue weighted by atomic mass is 19.1. The number of carbonyl (C=O) groups excluding carboxylic acids is 2. The van der Waals surface area contributed by atoms with Crippen LogP contribution < -0.4 is 5.32 Å². The number of Topliss-reactive ketones (excluding diaryl/α,β-unsaturated/α-hetero) is 1. The molecule has 1 amide bonds. The van der Waals surface area contributed by atoms with Gasteiger partial charge in [0.15, 0.2) is 0 Å². The van der Waals surface area contributed by atoms with Crippen molar-refractivity contribution in [1.82, 2.24) is 15.3 Å². The van der Waals surface area contributed by atoms with Crippen LogP contribution in [0.5, 0.6) is 0 Å². The fourth-order valence-electron chi connectivity index (χ4n) is 4.61. The molecule has 0 fully saturated rings. The molecule has 0 unspecified atom stereocenters.